The summed E-state index contributed by atoms with van der Waals surface area (Å²) < 4.78 is 39.2. The highest BCUT2D eigenvalue weighted by Crippen LogP contribution is 2.38. The number of aromatic nitrogens is 1. The molecule has 1 rings (SSSR count). The number of H-pyrrole nitrogens is 1. The molecule has 0 unspecified atom stereocenters. The van der Waals surface area contributed by atoms with Gasteiger partial charge in [0.25, 0.3) is 0 Å². The van der Waals surface area contributed by atoms with Crippen molar-refractivity contribution in [3.8, 4) is 0 Å². The van der Waals surface area contributed by atoms with Crippen molar-refractivity contribution in [2.45, 2.75) is 69.0 Å². The fourth-order valence-corrected chi connectivity index (χ4v) is 3.47. The molecule has 0 fully saturated rings. The van der Waals surface area contributed by atoms with E-state index in [2.05, 4.69) is 17.6 Å². The topological polar surface area (TPSA) is 53.1 Å². The van der Waals surface area contributed by atoms with E-state index < -0.39 is 17.7 Å². The van der Waals surface area contributed by atoms with Gasteiger partial charge in [-0.2, -0.15) is 13.2 Å². The lowest BCUT2D eigenvalue weighted by atomic mass is 10.0. The zero-order chi connectivity index (χ0) is 17.5. The number of carboxylic acids is 1. The summed E-state index contributed by atoms with van der Waals surface area (Å²) in [6.07, 6.45) is 2.29. The van der Waals surface area contributed by atoms with Crippen molar-refractivity contribution in [1.29, 1.82) is 0 Å². The Morgan fingerprint density at radius 1 is 1.09 bits per heavy atom. The Hall–Kier alpha value is -0.380. The summed E-state index contributed by atoms with van der Waals surface area (Å²) in [5.41, 5.74) is -0.370. The molecule has 1 heterocycles. The van der Waals surface area contributed by atoms with Gasteiger partial charge in [-0.1, -0.05) is 32.1 Å². The first-order chi connectivity index (χ1) is 10.7. The second kappa shape index (κ2) is 9.80. The summed E-state index contributed by atoms with van der Waals surface area (Å²) in [6.45, 7) is 0. The largest absolute Gasteiger partial charge is 0.481 e. The van der Waals surface area contributed by atoms with E-state index >= 15 is 0 Å². The normalized spacial score (nSPS) is 11.9. The Bertz CT molecular complexity index is 518. The second-order valence-corrected chi connectivity index (χ2v) is 7.03. The van der Waals surface area contributed by atoms with Crippen molar-refractivity contribution < 1.29 is 23.1 Å². The maximum Gasteiger partial charge on any atom is 0.419 e. The van der Waals surface area contributed by atoms with Crippen molar-refractivity contribution in [3.05, 3.63) is 14.8 Å². The van der Waals surface area contributed by atoms with Crippen molar-refractivity contribution in [1.82, 2.24) is 4.98 Å². The van der Waals surface area contributed by atoms with Gasteiger partial charge in [-0.15, -0.1) is 12.6 Å². The van der Waals surface area contributed by atoms with Gasteiger partial charge in [0.15, 0.2) is 0 Å². The van der Waals surface area contributed by atoms with Gasteiger partial charge < -0.3 is 10.1 Å². The standard InChI is InChI=1S/C15H21F3INO2S/c16-15(17,18)12-10(20-14(23)13(12)19)8-6-4-2-1-3-5-7-9-11(21)22/h20,23H,1-9H2,(H,21,22). The first-order valence-corrected chi connectivity index (χ1v) is 9.14. The van der Waals surface area contributed by atoms with Gasteiger partial charge in [-0.05, 0) is 41.9 Å². The van der Waals surface area contributed by atoms with Crippen LogP contribution in [-0.2, 0) is 17.4 Å². The Morgan fingerprint density at radius 2 is 1.61 bits per heavy atom. The van der Waals surface area contributed by atoms with Gasteiger partial charge in [0, 0.05) is 12.1 Å². The predicted octanol–water partition coefficient (Wildman–Crippen LogP) is 5.67. The molecular weight excluding hydrogens is 442 g/mol. The second-order valence-electron chi connectivity index (χ2n) is 5.51. The summed E-state index contributed by atoms with van der Waals surface area (Å²) in [5.74, 6) is -0.769. The molecule has 0 aliphatic carbocycles. The summed E-state index contributed by atoms with van der Waals surface area (Å²) >= 11 is 5.71. The monoisotopic (exact) mass is 463 g/mol. The minimum absolute atomic E-state index is 0.131. The quantitative estimate of drug-likeness (QED) is 0.238. The maximum absolute atomic E-state index is 13.0. The molecule has 3 nitrogen and oxygen atoms in total. The molecule has 0 amide bonds. The van der Waals surface area contributed by atoms with Crippen LogP contribution in [0.4, 0.5) is 13.2 Å². The number of rotatable bonds is 10. The lowest BCUT2D eigenvalue weighted by molar-refractivity contribution is -0.139. The van der Waals surface area contributed by atoms with Crippen LogP contribution in [0, 0.1) is 3.57 Å². The number of hydrogen-bond acceptors (Lipinski definition) is 2. The van der Waals surface area contributed by atoms with Gasteiger partial charge >= 0.3 is 12.1 Å². The number of unbranched alkanes of at least 4 members (excludes halogenated alkanes) is 6. The highest BCUT2D eigenvalue weighted by atomic mass is 127. The van der Waals surface area contributed by atoms with Gasteiger partial charge in [0.05, 0.1) is 14.2 Å². The van der Waals surface area contributed by atoms with Crippen LogP contribution in [0.15, 0.2) is 5.03 Å². The molecule has 0 bridgehead atoms. The first-order valence-electron chi connectivity index (χ1n) is 7.61. The summed E-state index contributed by atoms with van der Waals surface area (Å²) in [5, 5.41) is 8.78. The van der Waals surface area contributed by atoms with Crippen LogP contribution in [0.1, 0.15) is 62.6 Å². The van der Waals surface area contributed by atoms with E-state index in [9.17, 15) is 18.0 Å². The Labute approximate surface area is 153 Å². The van der Waals surface area contributed by atoms with Crippen LogP contribution in [0.3, 0.4) is 0 Å². The lowest BCUT2D eigenvalue weighted by Crippen LogP contribution is -2.09. The van der Waals surface area contributed by atoms with Crippen LogP contribution in [-0.4, -0.2) is 16.1 Å². The van der Waals surface area contributed by atoms with Crippen molar-refractivity contribution >= 4 is 41.2 Å². The summed E-state index contributed by atoms with van der Waals surface area (Å²) in [7, 11) is 0. The minimum atomic E-state index is -4.35. The Morgan fingerprint density at radius 3 is 2.13 bits per heavy atom. The van der Waals surface area contributed by atoms with E-state index in [1.165, 1.54) is 0 Å². The minimum Gasteiger partial charge on any atom is -0.481 e. The van der Waals surface area contributed by atoms with Crippen molar-refractivity contribution in [2.24, 2.45) is 0 Å². The number of carbonyl (C=O) groups is 1. The van der Waals surface area contributed by atoms with E-state index in [1.54, 1.807) is 22.6 Å². The molecule has 0 aliphatic heterocycles. The van der Waals surface area contributed by atoms with Gasteiger partial charge in [0.1, 0.15) is 0 Å². The molecule has 0 saturated carbocycles. The zero-order valence-electron chi connectivity index (χ0n) is 12.7. The Balaban J connectivity index is 2.27. The highest BCUT2D eigenvalue weighted by Gasteiger charge is 2.37. The predicted molar refractivity (Wildman–Crippen MR) is 94.0 cm³/mol. The number of thiol groups is 1. The van der Waals surface area contributed by atoms with E-state index in [0.29, 0.717) is 19.3 Å². The number of aromatic amines is 1. The van der Waals surface area contributed by atoms with E-state index in [4.69, 9.17) is 5.11 Å². The SMILES string of the molecule is O=C(O)CCCCCCCCCc1[nH]c(S)c(I)c1C(F)(F)F. The average molecular weight is 463 g/mol. The van der Waals surface area contributed by atoms with Crippen molar-refractivity contribution in [2.75, 3.05) is 0 Å². The number of carboxylic acid groups (broad SMARTS) is 1. The molecule has 1 aromatic rings. The van der Waals surface area contributed by atoms with Gasteiger partial charge in [-0.25, -0.2) is 0 Å². The third kappa shape index (κ3) is 7.36. The number of aliphatic carboxylic acids is 1. The highest BCUT2D eigenvalue weighted by molar-refractivity contribution is 14.1. The Kier molecular flexibility index (Phi) is 8.81. The smallest absolute Gasteiger partial charge is 0.419 e. The van der Waals surface area contributed by atoms with Crippen LogP contribution in [0.5, 0.6) is 0 Å². The molecule has 8 heteroatoms. The fraction of sp³-hybridized carbons (Fsp3) is 0.667. The molecule has 0 saturated heterocycles. The van der Waals surface area contributed by atoms with Crippen LogP contribution >= 0.6 is 35.2 Å². The molecule has 23 heavy (non-hydrogen) atoms. The molecule has 2 N–H and O–H groups in total. The molecule has 132 valence electrons. The molecule has 0 spiro atoms. The molecular formula is C15H21F3INO2S. The van der Waals surface area contributed by atoms with Crippen molar-refractivity contribution in [3.63, 3.8) is 0 Å². The number of alkyl halides is 3. The van der Waals surface area contributed by atoms with Crippen LogP contribution in [0.2, 0.25) is 0 Å². The molecule has 1 aromatic heterocycles. The van der Waals surface area contributed by atoms with E-state index in [-0.39, 0.29) is 20.7 Å². The molecule has 0 atom stereocenters. The fourth-order valence-electron chi connectivity index (χ4n) is 2.46. The van der Waals surface area contributed by atoms with Crippen LogP contribution in [0.25, 0.3) is 0 Å². The number of halogens is 4. The third-order valence-electron chi connectivity index (χ3n) is 3.60. The van der Waals surface area contributed by atoms with Gasteiger partial charge in [0.2, 0.25) is 0 Å². The van der Waals surface area contributed by atoms with Crippen LogP contribution < -0.4 is 0 Å². The number of aryl methyl sites for hydroxylation is 1. The summed E-state index contributed by atoms with van der Waals surface area (Å²) in [6, 6.07) is 0. The van der Waals surface area contributed by atoms with E-state index in [0.717, 1.165) is 32.1 Å². The first kappa shape index (κ1) is 20.7. The third-order valence-corrected chi connectivity index (χ3v) is 5.44. The van der Waals surface area contributed by atoms with Gasteiger partial charge in [-0.3, -0.25) is 4.79 Å². The molecule has 0 aliphatic rings. The summed E-state index contributed by atoms with van der Waals surface area (Å²) in [4.78, 5) is 13.1. The zero-order valence-corrected chi connectivity index (χ0v) is 15.7. The molecule has 0 radical (unpaired) electrons. The maximum atomic E-state index is 13.0. The molecule has 0 aromatic carbocycles. The van der Waals surface area contributed by atoms with E-state index in [1.807, 2.05) is 0 Å². The number of hydrogen-bond donors (Lipinski definition) is 3. The average Bonchev–Trinajstić information content (AvgIpc) is 2.71. The number of nitrogens with one attached hydrogen (secondary N) is 1. The lowest BCUT2D eigenvalue weighted by Gasteiger charge is -2.09.